The van der Waals surface area contributed by atoms with Crippen LogP contribution in [0.2, 0.25) is 0 Å². The van der Waals surface area contributed by atoms with Gasteiger partial charge in [-0.3, -0.25) is 9.78 Å². The topological polar surface area (TPSA) is 116 Å². The predicted octanol–water partition coefficient (Wildman–Crippen LogP) is 5.57. The van der Waals surface area contributed by atoms with Gasteiger partial charge in [0.15, 0.2) is 9.84 Å². The molecule has 224 valence electrons. The van der Waals surface area contributed by atoms with Crippen LogP contribution >= 0.6 is 11.3 Å². The molecule has 0 spiro atoms. The maximum Gasteiger partial charge on any atom is 0.225 e. The van der Waals surface area contributed by atoms with E-state index in [1.165, 1.54) is 17.4 Å². The van der Waals surface area contributed by atoms with Crippen LogP contribution in [0.1, 0.15) is 74.6 Å². The average Bonchev–Trinajstić information content (AvgIpc) is 3.95. The second kappa shape index (κ2) is 11.0. The van der Waals surface area contributed by atoms with Crippen LogP contribution in [0.15, 0.2) is 36.5 Å². The van der Waals surface area contributed by atoms with Crippen molar-refractivity contribution in [3.05, 3.63) is 53.7 Å². The van der Waals surface area contributed by atoms with Crippen molar-refractivity contribution in [3.63, 3.8) is 0 Å². The summed E-state index contributed by atoms with van der Waals surface area (Å²) in [6.45, 7) is 0.937. The molecule has 2 aromatic heterocycles. The number of nitriles is 1. The Labute approximate surface area is 255 Å². The first kappa shape index (κ1) is 28.4. The fourth-order valence-electron chi connectivity index (χ4n) is 6.42. The Morgan fingerprint density at radius 2 is 1.77 bits per heavy atom. The Bertz CT molecular complexity index is 1690. The Hall–Kier alpha value is -3.36. The van der Waals surface area contributed by atoms with Crippen molar-refractivity contribution in [1.82, 2.24) is 15.3 Å². The smallest absolute Gasteiger partial charge is 0.225 e. The molecule has 1 aliphatic heterocycles. The Kier molecular flexibility index (Phi) is 7.25. The normalized spacial score (nSPS) is 24.2. The first-order valence-corrected chi connectivity index (χ1v) is 17.8. The number of carbonyl (C=O) groups excluding carboxylic acids is 1. The Morgan fingerprint density at radius 1 is 1.05 bits per heavy atom. The van der Waals surface area contributed by atoms with Crippen LogP contribution in [-0.2, 0) is 14.6 Å². The molecule has 1 amide bonds. The number of thiazole rings is 1. The quantitative estimate of drug-likeness (QED) is 0.368. The lowest BCUT2D eigenvalue weighted by molar-refractivity contribution is -0.127. The lowest BCUT2D eigenvalue weighted by Crippen LogP contribution is -2.42. The number of halogens is 1. The largest absolute Gasteiger partial charge is 0.369 e. The molecule has 3 aliphatic carbocycles. The van der Waals surface area contributed by atoms with E-state index in [1.807, 2.05) is 24.3 Å². The number of nitrogens with one attached hydrogen (secondary N) is 1. The van der Waals surface area contributed by atoms with Crippen LogP contribution in [0.25, 0.3) is 21.0 Å². The van der Waals surface area contributed by atoms with Crippen LogP contribution in [0.5, 0.6) is 0 Å². The molecule has 1 N–H and O–H groups in total. The van der Waals surface area contributed by atoms with Crippen LogP contribution in [0.4, 0.5) is 10.1 Å². The van der Waals surface area contributed by atoms with E-state index in [0.717, 1.165) is 60.3 Å². The molecular weight excluding hydrogens is 586 g/mol. The highest BCUT2D eigenvalue weighted by atomic mass is 32.2. The van der Waals surface area contributed by atoms with Crippen molar-refractivity contribution in [2.75, 3.05) is 29.5 Å². The zero-order valence-electron chi connectivity index (χ0n) is 23.9. The highest BCUT2D eigenvalue weighted by Gasteiger charge is 2.47. The highest BCUT2D eigenvalue weighted by Crippen LogP contribution is 2.47. The number of sulfone groups is 1. The van der Waals surface area contributed by atoms with Gasteiger partial charge in [0, 0.05) is 48.3 Å². The van der Waals surface area contributed by atoms with E-state index >= 15 is 4.39 Å². The molecule has 4 aliphatic rings. The molecule has 11 heteroatoms. The lowest BCUT2D eigenvalue weighted by atomic mass is 9.76. The molecule has 2 atom stereocenters. The van der Waals surface area contributed by atoms with Crippen molar-refractivity contribution in [2.45, 2.75) is 68.7 Å². The summed E-state index contributed by atoms with van der Waals surface area (Å²) in [6.07, 6.45) is 8.48. The fraction of sp³-hybridized carbons (Fsp3) is 0.500. The molecule has 43 heavy (non-hydrogen) atoms. The summed E-state index contributed by atoms with van der Waals surface area (Å²) >= 11 is 1.49. The summed E-state index contributed by atoms with van der Waals surface area (Å²) < 4.78 is 38.9. The maximum atomic E-state index is 15.0. The van der Waals surface area contributed by atoms with Gasteiger partial charge in [-0.15, -0.1) is 11.3 Å². The third-order valence-corrected chi connectivity index (χ3v) is 12.1. The summed E-state index contributed by atoms with van der Waals surface area (Å²) in [4.78, 5) is 26.1. The van der Waals surface area contributed by atoms with Gasteiger partial charge in [-0.2, -0.15) is 5.26 Å². The summed E-state index contributed by atoms with van der Waals surface area (Å²) in [6, 6.07) is 11.9. The van der Waals surface area contributed by atoms with E-state index in [1.54, 1.807) is 6.20 Å². The minimum absolute atomic E-state index is 0.0823. The van der Waals surface area contributed by atoms with Crippen LogP contribution in [-0.4, -0.2) is 54.4 Å². The number of nitrogens with zero attached hydrogens (tertiary/aromatic N) is 4. The van der Waals surface area contributed by atoms with Crippen molar-refractivity contribution >= 4 is 32.8 Å². The van der Waals surface area contributed by atoms with Gasteiger partial charge >= 0.3 is 0 Å². The molecule has 1 saturated heterocycles. The molecule has 4 fully saturated rings. The highest BCUT2D eigenvalue weighted by molar-refractivity contribution is 7.91. The molecule has 3 aromatic rings. The zero-order valence-corrected chi connectivity index (χ0v) is 25.5. The number of pyridine rings is 1. The Balaban J connectivity index is 1.24. The molecule has 1 aromatic carbocycles. The Morgan fingerprint density at radius 3 is 2.42 bits per heavy atom. The van der Waals surface area contributed by atoms with Gasteiger partial charge in [-0.25, -0.2) is 17.8 Å². The van der Waals surface area contributed by atoms with Crippen molar-refractivity contribution in [1.29, 1.82) is 5.26 Å². The van der Waals surface area contributed by atoms with Gasteiger partial charge in [-0.05, 0) is 62.3 Å². The van der Waals surface area contributed by atoms with E-state index < -0.39 is 15.4 Å². The van der Waals surface area contributed by atoms with Gasteiger partial charge in [0.05, 0.1) is 33.8 Å². The van der Waals surface area contributed by atoms with Crippen molar-refractivity contribution in [2.24, 2.45) is 5.92 Å². The van der Waals surface area contributed by atoms with E-state index in [2.05, 4.69) is 21.3 Å². The minimum atomic E-state index is -2.98. The summed E-state index contributed by atoms with van der Waals surface area (Å²) in [5, 5.41) is 13.3. The molecule has 0 bridgehead atoms. The molecule has 8 nitrogen and oxygen atoms in total. The number of amides is 1. The number of benzene rings is 1. The number of rotatable bonds is 7. The second-order valence-corrected chi connectivity index (χ2v) is 15.8. The number of aromatic nitrogens is 2. The van der Waals surface area contributed by atoms with Crippen LogP contribution in [0, 0.1) is 23.1 Å². The first-order chi connectivity index (χ1) is 20.7. The van der Waals surface area contributed by atoms with Gasteiger partial charge in [0.2, 0.25) is 5.91 Å². The number of hydrogen-bond acceptors (Lipinski definition) is 8. The fourth-order valence-corrected chi connectivity index (χ4v) is 8.74. The van der Waals surface area contributed by atoms with Crippen LogP contribution in [0.3, 0.4) is 0 Å². The SMILES string of the molecule is N#CC1(NC(=O)[C@@H]2CCCC[C@H]2c2nc(-c3cnc(C4CC4)c(F)c3)sc2-c2ccc(N3CCS(=O)(=O)CC3)cc2)CC1. The lowest BCUT2D eigenvalue weighted by Gasteiger charge is -2.31. The summed E-state index contributed by atoms with van der Waals surface area (Å²) in [5.41, 5.74) is 3.18. The molecule has 7 rings (SSSR count). The standard InChI is InChI=1S/C32H34FN5O3S2/c33-26-17-22(18-35-27(26)20-5-6-20)31-36-28(24-3-1-2-4-25(24)30(39)37-32(19-34)11-12-32)29(42-31)21-7-9-23(10-8-21)38-13-15-43(40,41)16-14-38/h7-10,17-18,20,24-25H,1-6,11-16H2,(H,37,39)/t24-,25-/m1/s1. The monoisotopic (exact) mass is 619 g/mol. The number of anilines is 1. The van der Waals surface area contributed by atoms with Gasteiger partial charge < -0.3 is 10.2 Å². The maximum absolute atomic E-state index is 15.0. The van der Waals surface area contributed by atoms with Crippen molar-refractivity contribution in [3.8, 4) is 27.1 Å². The molecule has 3 saturated carbocycles. The molecule has 0 radical (unpaired) electrons. The predicted molar refractivity (Wildman–Crippen MR) is 164 cm³/mol. The zero-order chi connectivity index (χ0) is 29.8. The third-order valence-electron chi connectivity index (χ3n) is 9.35. The van der Waals surface area contributed by atoms with Crippen molar-refractivity contribution < 1.29 is 17.6 Å². The summed E-state index contributed by atoms with van der Waals surface area (Å²) in [5.74, 6) is -0.291. The average molecular weight is 620 g/mol. The minimum Gasteiger partial charge on any atom is -0.369 e. The second-order valence-electron chi connectivity index (χ2n) is 12.5. The third kappa shape index (κ3) is 5.79. The molecular formula is C32H34FN5O3S2. The number of carbonyl (C=O) groups is 1. The van der Waals surface area contributed by atoms with E-state index in [4.69, 9.17) is 4.98 Å². The van der Waals surface area contributed by atoms with E-state index in [0.29, 0.717) is 42.2 Å². The first-order valence-electron chi connectivity index (χ1n) is 15.2. The van der Waals surface area contributed by atoms with E-state index in [9.17, 15) is 18.5 Å². The van der Waals surface area contributed by atoms with Crippen LogP contribution < -0.4 is 10.2 Å². The van der Waals surface area contributed by atoms with Gasteiger partial charge in [0.1, 0.15) is 16.4 Å². The molecule has 3 heterocycles. The van der Waals surface area contributed by atoms with Gasteiger partial charge in [-0.1, -0.05) is 25.0 Å². The van der Waals surface area contributed by atoms with Gasteiger partial charge in [0.25, 0.3) is 0 Å². The van der Waals surface area contributed by atoms with E-state index in [-0.39, 0.29) is 41.0 Å². The number of hydrogen-bond donors (Lipinski definition) is 1. The molecule has 0 unspecified atom stereocenters. The summed E-state index contributed by atoms with van der Waals surface area (Å²) in [7, 11) is -2.98.